The third-order valence-corrected chi connectivity index (χ3v) is 4.25. The normalized spacial score (nSPS) is 13.0. The molecule has 0 aliphatic heterocycles. The van der Waals surface area contributed by atoms with Crippen LogP contribution in [0.4, 0.5) is 0 Å². The summed E-state index contributed by atoms with van der Waals surface area (Å²) in [5.41, 5.74) is 1.62. The number of carbonyl (C=O) groups is 1. The number of carboxylic acid groups (broad SMARTS) is 1. The molecule has 0 spiro atoms. The van der Waals surface area contributed by atoms with Crippen molar-refractivity contribution in [2.24, 2.45) is 5.92 Å². The molecule has 5 nitrogen and oxygen atoms in total. The van der Waals surface area contributed by atoms with Gasteiger partial charge >= 0.3 is 5.97 Å². The van der Waals surface area contributed by atoms with Gasteiger partial charge in [-0.05, 0) is 29.7 Å². The van der Waals surface area contributed by atoms with Crippen LogP contribution in [0.2, 0.25) is 0 Å². The molecular weight excluding hydrogens is 332 g/mol. The zero-order valence-electron chi connectivity index (χ0n) is 14.8. The van der Waals surface area contributed by atoms with Crippen molar-refractivity contribution in [3.05, 3.63) is 77.9 Å². The molecule has 2 N–H and O–H groups in total. The van der Waals surface area contributed by atoms with Crippen LogP contribution in [0.1, 0.15) is 23.7 Å². The Morgan fingerprint density at radius 1 is 1.12 bits per heavy atom. The highest BCUT2D eigenvalue weighted by molar-refractivity contribution is 5.86. The molecule has 2 aromatic carbocycles. The van der Waals surface area contributed by atoms with Crippen molar-refractivity contribution in [2.45, 2.75) is 19.1 Å². The van der Waals surface area contributed by atoms with Gasteiger partial charge in [-0.15, -0.1) is 0 Å². The van der Waals surface area contributed by atoms with Crippen molar-refractivity contribution < 1.29 is 24.5 Å². The highest BCUT2D eigenvalue weighted by atomic mass is 16.5. The SMILES string of the molecule is C=C(C(=O)O)[C@@H](CCOCc1ccccc1)[C@H](O)c1ccc(OC)cc1. The summed E-state index contributed by atoms with van der Waals surface area (Å²) in [7, 11) is 1.56. The largest absolute Gasteiger partial charge is 0.497 e. The highest BCUT2D eigenvalue weighted by Gasteiger charge is 2.27. The number of ether oxygens (including phenoxy) is 2. The molecule has 0 amide bonds. The Morgan fingerprint density at radius 2 is 1.77 bits per heavy atom. The van der Waals surface area contributed by atoms with Gasteiger partial charge in [0.2, 0.25) is 0 Å². The Bertz CT molecular complexity index is 709. The Morgan fingerprint density at radius 3 is 2.35 bits per heavy atom. The molecule has 26 heavy (non-hydrogen) atoms. The van der Waals surface area contributed by atoms with Gasteiger partial charge in [0.1, 0.15) is 5.75 Å². The molecule has 0 radical (unpaired) electrons. The van der Waals surface area contributed by atoms with Crippen molar-refractivity contribution in [1.29, 1.82) is 0 Å². The quantitative estimate of drug-likeness (QED) is 0.502. The average Bonchev–Trinajstić information content (AvgIpc) is 2.68. The maximum absolute atomic E-state index is 11.4. The summed E-state index contributed by atoms with van der Waals surface area (Å²) in [6.45, 7) is 4.39. The number of hydrogen-bond acceptors (Lipinski definition) is 4. The van der Waals surface area contributed by atoms with Crippen molar-refractivity contribution >= 4 is 5.97 Å². The van der Waals surface area contributed by atoms with E-state index in [1.165, 1.54) is 0 Å². The first kappa shape index (κ1) is 19.7. The zero-order chi connectivity index (χ0) is 18.9. The Hall–Kier alpha value is -2.63. The van der Waals surface area contributed by atoms with Crippen LogP contribution in [0.5, 0.6) is 5.75 Å². The van der Waals surface area contributed by atoms with Crippen LogP contribution in [-0.2, 0) is 16.1 Å². The Labute approximate surface area is 153 Å². The Balaban J connectivity index is 2.00. The first-order valence-electron chi connectivity index (χ1n) is 8.38. The van der Waals surface area contributed by atoms with Gasteiger partial charge in [-0.1, -0.05) is 49.0 Å². The van der Waals surface area contributed by atoms with Gasteiger partial charge < -0.3 is 19.7 Å². The minimum Gasteiger partial charge on any atom is -0.497 e. The van der Waals surface area contributed by atoms with Gasteiger partial charge in [-0.25, -0.2) is 4.79 Å². The zero-order valence-corrected chi connectivity index (χ0v) is 14.8. The summed E-state index contributed by atoms with van der Waals surface area (Å²) >= 11 is 0. The number of hydrogen-bond donors (Lipinski definition) is 2. The summed E-state index contributed by atoms with van der Waals surface area (Å²) in [5, 5.41) is 20.0. The van der Waals surface area contributed by atoms with Crippen LogP contribution in [0.3, 0.4) is 0 Å². The fraction of sp³-hybridized carbons (Fsp3) is 0.286. The summed E-state index contributed by atoms with van der Waals surface area (Å²) in [5.74, 6) is -1.09. The van der Waals surface area contributed by atoms with Gasteiger partial charge in [-0.2, -0.15) is 0 Å². The van der Waals surface area contributed by atoms with Crippen molar-refractivity contribution in [3.63, 3.8) is 0 Å². The minimum absolute atomic E-state index is 0.0309. The molecule has 2 atom stereocenters. The number of methoxy groups -OCH3 is 1. The van der Waals surface area contributed by atoms with E-state index in [0.717, 1.165) is 5.56 Å². The molecule has 5 heteroatoms. The molecule has 0 fully saturated rings. The van der Waals surface area contributed by atoms with Gasteiger partial charge in [0.25, 0.3) is 0 Å². The van der Waals surface area contributed by atoms with Gasteiger partial charge in [0.05, 0.1) is 19.8 Å². The number of aliphatic hydroxyl groups is 1. The number of carboxylic acids is 1. The maximum Gasteiger partial charge on any atom is 0.331 e. The van der Waals surface area contributed by atoms with Gasteiger partial charge in [-0.3, -0.25) is 0 Å². The predicted octanol–water partition coefficient (Wildman–Crippen LogP) is 3.59. The Kier molecular flexibility index (Phi) is 7.38. The van der Waals surface area contributed by atoms with Crippen LogP contribution in [0, 0.1) is 5.92 Å². The average molecular weight is 356 g/mol. The summed E-state index contributed by atoms with van der Waals surface area (Å²) in [4.78, 5) is 11.4. The van der Waals surface area contributed by atoms with Gasteiger partial charge in [0, 0.05) is 18.1 Å². The standard InChI is InChI=1S/C21H24O5/c1-15(21(23)24)19(12-13-26-14-16-6-4-3-5-7-16)20(22)17-8-10-18(25-2)11-9-17/h3-11,19-20,22H,1,12-14H2,2H3,(H,23,24)/t19-,20-/m1/s1. The van der Waals surface area contributed by atoms with Gasteiger partial charge in [0.15, 0.2) is 0 Å². The second-order valence-electron chi connectivity index (χ2n) is 5.98. The van der Waals surface area contributed by atoms with E-state index in [-0.39, 0.29) is 5.57 Å². The first-order valence-corrected chi connectivity index (χ1v) is 8.38. The molecule has 0 bridgehead atoms. The molecule has 0 aliphatic carbocycles. The molecule has 2 rings (SSSR count). The smallest absolute Gasteiger partial charge is 0.331 e. The lowest BCUT2D eigenvalue weighted by Gasteiger charge is -2.23. The molecule has 138 valence electrons. The van der Waals surface area contributed by atoms with E-state index in [1.807, 2.05) is 30.3 Å². The second-order valence-corrected chi connectivity index (χ2v) is 5.98. The van der Waals surface area contributed by atoms with Crippen LogP contribution in [0.25, 0.3) is 0 Å². The minimum atomic E-state index is -1.12. The van der Waals surface area contributed by atoms with E-state index in [9.17, 15) is 15.0 Å². The van der Waals surface area contributed by atoms with Crippen LogP contribution < -0.4 is 4.74 Å². The molecule has 2 aromatic rings. The summed E-state index contributed by atoms with van der Waals surface area (Å²) in [6.07, 6.45) is -0.629. The fourth-order valence-corrected chi connectivity index (χ4v) is 2.69. The number of benzene rings is 2. The third-order valence-electron chi connectivity index (χ3n) is 4.25. The molecule has 0 saturated heterocycles. The lowest BCUT2D eigenvalue weighted by atomic mass is 9.87. The molecule has 0 saturated carbocycles. The number of aliphatic carboxylic acids is 1. The fourth-order valence-electron chi connectivity index (χ4n) is 2.69. The van der Waals surface area contributed by atoms with E-state index >= 15 is 0 Å². The highest BCUT2D eigenvalue weighted by Crippen LogP contribution is 2.31. The molecule has 0 aliphatic rings. The maximum atomic E-state index is 11.4. The molecule has 0 heterocycles. The summed E-state index contributed by atoms with van der Waals surface area (Å²) < 4.78 is 10.7. The molecular formula is C21H24O5. The lowest BCUT2D eigenvalue weighted by molar-refractivity contribution is -0.133. The van der Waals surface area contributed by atoms with E-state index in [4.69, 9.17) is 9.47 Å². The van der Waals surface area contributed by atoms with Crippen molar-refractivity contribution in [2.75, 3.05) is 13.7 Å². The second kappa shape index (κ2) is 9.75. The van der Waals surface area contributed by atoms with Crippen LogP contribution >= 0.6 is 0 Å². The molecule has 0 unspecified atom stereocenters. The van der Waals surface area contributed by atoms with E-state index < -0.39 is 18.0 Å². The monoisotopic (exact) mass is 356 g/mol. The van der Waals surface area contributed by atoms with Crippen LogP contribution in [-0.4, -0.2) is 29.9 Å². The first-order chi connectivity index (χ1) is 12.5. The van der Waals surface area contributed by atoms with Crippen molar-refractivity contribution in [3.8, 4) is 5.75 Å². The summed E-state index contributed by atoms with van der Waals surface area (Å²) in [6, 6.07) is 16.6. The van der Waals surface area contributed by atoms with E-state index in [1.54, 1.807) is 31.4 Å². The lowest BCUT2D eigenvalue weighted by Crippen LogP contribution is -2.21. The van der Waals surface area contributed by atoms with E-state index in [0.29, 0.717) is 30.9 Å². The molecule has 0 aromatic heterocycles. The van der Waals surface area contributed by atoms with Crippen molar-refractivity contribution in [1.82, 2.24) is 0 Å². The number of aliphatic hydroxyl groups excluding tert-OH is 1. The third kappa shape index (κ3) is 5.44. The van der Waals surface area contributed by atoms with E-state index in [2.05, 4.69) is 6.58 Å². The predicted molar refractivity (Wildman–Crippen MR) is 98.9 cm³/mol. The topological polar surface area (TPSA) is 76.0 Å². The van der Waals surface area contributed by atoms with Crippen LogP contribution in [0.15, 0.2) is 66.7 Å². The number of rotatable bonds is 10.